The number of carbonyl (C=O) groups excluding carboxylic acids is 4. The number of primary amides is 1. The summed E-state index contributed by atoms with van der Waals surface area (Å²) in [5.41, 5.74) is 4.56. The zero-order chi connectivity index (χ0) is 23.7. The van der Waals surface area contributed by atoms with Crippen molar-refractivity contribution >= 4 is 23.7 Å². The third-order valence-electron chi connectivity index (χ3n) is 5.17. The van der Waals surface area contributed by atoms with Gasteiger partial charge in [0.05, 0.1) is 6.20 Å². The highest BCUT2D eigenvalue weighted by molar-refractivity contribution is 5.96. The molecule has 0 aromatic carbocycles. The Balaban J connectivity index is 2.19. The van der Waals surface area contributed by atoms with E-state index in [1.165, 1.54) is 18.6 Å². The zero-order valence-corrected chi connectivity index (χ0v) is 18.9. The Bertz CT molecular complexity index is 803. The third kappa shape index (κ3) is 8.24. The van der Waals surface area contributed by atoms with Crippen LogP contribution in [0.3, 0.4) is 0 Å². The van der Waals surface area contributed by atoms with E-state index in [4.69, 9.17) is 10.5 Å². The van der Waals surface area contributed by atoms with Gasteiger partial charge in [0.25, 0.3) is 5.91 Å². The SMILES string of the molecule is CC(C)(C)OC(=O)[C@H](CCC(N)=O)NC(=O)[C@@H](NC(=O)c1cnccn1)C1CCCCC1. The fourth-order valence-electron chi connectivity index (χ4n) is 3.67. The lowest BCUT2D eigenvalue weighted by atomic mass is 9.83. The van der Waals surface area contributed by atoms with Crippen molar-refractivity contribution in [3.63, 3.8) is 0 Å². The van der Waals surface area contributed by atoms with Gasteiger partial charge in [-0.3, -0.25) is 19.4 Å². The lowest BCUT2D eigenvalue weighted by Gasteiger charge is -2.31. The first-order valence-corrected chi connectivity index (χ1v) is 10.9. The molecular formula is C22H33N5O5. The highest BCUT2D eigenvalue weighted by Gasteiger charge is 2.35. The van der Waals surface area contributed by atoms with E-state index in [9.17, 15) is 19.2 Å². The van der Waals surface area contributed by atoms with E-state index < -0.39 is 41.4 Å². The van der Waals surface area contributed by atoms with Crippen LogP contribution in [-0.2, 0) is 19.1 Å². The van der Waals surface area contributed by atoms with Gasteiger partial charge in [-0.05, 0) is 46.0 Å². The summed E-state index contributed by atoms with van der Waals surface area (Å²) in [7, 11) is 0. The maximum atomic E-state index is 13.2. The van der Waals surface area contributed by atoms with Crippen molar-refractivity contribution in [3.8, 4) is 0 Å². The molecule has 10 nitrogen and oxygen atoms in total. The molecule has 2 rings (SSSR count). The van der Waals surface area contributed by atoms with Crippen LogP contribution in [0.25, 0.3) is 0 Å². The minimum atomic E-state index is -1.06. The van der Waals surface area contributed by atoms with Crippen LogP contribution in [0.5, 0.6) is 0 Å². The number of rotatable bonds is 9. The van der Waals surface area contributed by atoms with Crippen LogP contribution in [-0.4, -0.2) is 51.3 Å². The highest BCUT2D eigenvalue weighted by Crippen LogP contribution is 2.27. The molecule has 2 atom stereocenters. The predicted molar refractivity (Wildman–Crippen MR) is 116 cm³/mol. The summed E-state index contributed by atoms with van der Waals surface area (Å²) >= 11 is 0. The normalized spacial score (nSPS) is 16.5. The van der Waals surface area contributed by atoms with Gasteiger partial charge in [-0.1, -0.05) is 19.3 Å². The molecule has 10 heteroatoms. The van der Waals surface area contributed by atoms with Gasteiger partial charge in [-0.15, -0.1) is 0 Å². The number of carbonyl (C=O) groups is 4. The fourth-order valence-corrected chi connectivity index (χ4v) is 3.67. The van der Waals surface area contributed by atoms with Gasteiger partial charge >= 0.3 is 5.97 Å². The van der Waals surface area contributed by atoms with Gasteiger partial charge in [0.15, 0.2) is 0 Å². The average molecular weight is 448 g/mol. The molecule has 0 radical (unpaired) electrons. The second kappa shape index (κ2) is 11.5. The maximum absolute atomic E-state index is 13.2. The molecule has 0 spiro atoms. The molecule has 176 valence electrons. The molecule has 1 fully saturated rings. The first-order chi connectivity index (χ1) is 15.1. The van der Waals surface area contributed by atoms with E-state index in [2.05, 4.69) is 20.6 Å². The molecule has 0 aliphatic heterocycles. The lowest BCUT2D eigenvalue weighted by molar-refractivity contribution is -0.159. The van der Waals surface area contributed by atoms with E-state index >= 15 is 0 Å². The number of esters is 1. The van der Waals surface area contributed by atoms with Crippen molar-refractivity contribution in [2.24, 2.45) is 11.7 Å². The number of nitrogens with two attached hydrogens (primary N) is 1. The first-order valence-electron chi connectivity index (χ1n) is 10.9. The molecule has 0 saturated heterocycles. The summed E-state index contributed by atoms with van der Waals surface area (Å²) in [6.45, 7) is 5.14. The largest absolute Gasteiger partial charge is 0.458 e. The van der Waals surface area contributed by atoms with E-state index in [1.54, 1.807) is 20.8 Å². The molecule has 1 saturated carbocycles. The summed E-state index contributed by atoms with van der Waals surface area (Å²) in [6, 6.07) is -1.92. The van der Waals surface area contributed by atoms with Crippen LogP contribution < -0.4 is 16.4 Å². The van der Waals surface area contributed by atoms with E-state index in [0.29, 0.717) is 0 Å². The Morgan fingerprint density at radius 3 is 2.38 bits per heavy atom. The topological polar surface area (TPSA) is 153 Å². The molecule has 32 heavy (non-hydrogen) atoms. The molecule has 4 N–H and O–H groups in total. The zero-order valence-electron chi connectivity index (χ0n) is 18.9. The molecule has 1 aliphatic rings. The van der Waals surface area contributed by atoms with Gasteiger partial charge < -0.3 is 21.1 Å². The number of aromatic nitrogens is 2. The summed E-state index contributed by atoms with van der Waals surface area (Å²) in [5.74, 6) is -2.36. The van der Waals surface area contributed by atoms with Crippen LogP contribution in [0, 0.1) is 5.92 Å². The number of hydrogen-bond acceptors (Lipinski definition) is 7. The summed E-state index contributed by atoms with van der Waals surface area (Å²) in [6.07, 6.45) is 8.60. The third-order valence-corrected chi connectivity index (χ3v) is 5.17. The van der Waals surface area contributed by atoms with Crippen molar-refractivity contribution in [2.45, 2.75) is 83.4 Å². The highest BCUT2D eigenvalue weighted by atomic mass is 16.6. The number of ether oxygens (including phenoxy) is 1. The predicted octanol–water partition coefficient (Wildman–Crippen LogP) is 1.25. The first kappa shape index (κ1) is 25.2. The summed E-state index contributed by atoms with van der Waals surface area (Å²) < 4.78 is 5.40. The van der Waals surface area contributed by atoms with Crippen molar-refractivity contribution in [1.82, 2.24) is 20.6 Å². The Morgan fingerprint density at radius 1 is 1.12 bits per heavy atom. The molecule has 1 heterocycles. The Hall–Kier alpha value is -3.04. The molecule has 3 amide bonds. The van der Waals surface area contributed by atoms with Crippen molar-refractivity contribution in [3.05, 3.63) is 24.3 Å². The van der Waals surface area contributed by atoms with E-state index in [-0.39, 0.29) is 24.5 Å². The van der Waals surface area contributed by atoms with Gasteiger partial charge in [0, 0.05) is 18.8 Å². The second-order valence-corrected chi connectivity index (χ2v) is 9.04. The number of nitrogens with one attached hydrogen (secondary N) is 2. The quantitative estimate of drug-likeness (QED) is 0.481. The standard InChI is InChI=1S/C22H33N5O5/c1-22(2,3)32-21(31)15(9-10-17(23)28)26-20(30)18(14-7-5-4-6-8-14)27-19(29)16-13-24-11-12-25-16/h11-15,18H,4-10H2,1-3H3,(H2,23,28)(H,26,30)(H,27,29)/t15-,18-/m0/s1. The van der Waals surface area contributed by atoms with Crippen LogP contribution in [0.2, 0.25) is 0 Å². The fraction of sp³-hybridized carbons (Fsp3) is 0.636. The van der Waals surface area contributed by atoms with E-state index in [1.807, 2.05) is 0 Å². The minimum Gasteiger partial charge on any atom is -0.458 e. The van der Waals surface area contributed by atoms with Crippen molar-refractivity contribution in [2.75, 3.05) is 0 Å². The van der Waals surface area contributed by atoms with Gasteiger partial charge in [0.2, 0.25) is 11.8 Å². The molecular weight excluding hydrogens is 414 g/mol. The summed E-state index contributed by atoms with van der Waals surface area (Å²) in [4.78, 5) is 57.7. The number of nitrogens with zero attached hydrogens (tertiary/aromatic N) is 2. The molecule has 0 unspecified atom stereocenters. The average Bonchev–Trinajstić information content (AvgIpc) is 2.74. The minimum absolute atomic E-state index is 0.00544. The second-order valence-electron chi connectivity index (χ2n) is 9.04. The molecule has 1 aromatic rings. The van der Waals surface area contributed by atoms with Gasteiger partial charge in [-0.25, -0.2) is 9.78 Å². The summed E-state index contributed by atoms with van der Waals surface area (Å²) in [5, 5.41) is 5.44. The molecule has 0 bridgehead atoms. The number of hydrogen-bond donors (Lipinski definition) is 3. The molecule has 1 aromatic heterocycles. The van der Waals surface area contributed by atoms with Crippen molar-refractivity contribution < 1.29 is 23.9 Å². The van der Waals surface area contributed by atoms with Gasteiger partial charge in [-0.2, -0.15) is 0 Å². The lowest BCUT2D eigenvalue weighted by Crippen LogP contribution is -2.55. The maximum Gasteiger partial charge on any atom is 0.329 e. The Morgan fingerprint density at radius 2 is 1.81 bits per heavy atom. The molecule has 1 aliphatic carbocycles. The smallest absolute Gasteiger partial charge is 0.329 e. The van der Waals surface area contributed by atoms with Crippen LogP contribution >= 0.6 is 0 Å². The van der Waals surface area contributed by atoms with Crippen LogP contribution in [0.1, 0.15) is 76.2 Å². The number of amides is 3. The van der Waals surface area contributed by atoms with Crippen LogP contribution in [0.4, 0.5) is 0 Å². The Kier molecular flexibility index (Phi) is 9.10. The monoisotopic (exact) mass is 447 g/mol. The van der Waals surface area contributed by atoms with Crippen molar-refractivity contribution in [1.29, 1.82) is 0 Å². The van der Waals surface area contributed by atoms with Gasteiger partial charge in [0.1, 0.15) is 23.4 Å². The van der Waals surface area contributed by atoms with Crippen LogP contribution in [0.15, 0.2) is 18.6 Å². The Labute approximate surface area is 188 Å². The van der Waals surface area contributed by atoms with E-state index in [0.717, 1.165) is 32.1 Å².